The molecule has 2 aromatic rings. The first-order valence-electron chi connectivity index (χ1n) is 6.95. The van der Waals surface area contributed by atoms with Gasteiger partial charge in [0.15, 0.2) is 0 Å². The van der Waals surface area contributed by atoms with Gasteiger partial charge in [0.25, 0.3) is 0 Å². The van der Waals surface area contributed by atoms with E-state index in [4.69, 9.17) is 10.5 Å². The van der Waals surface area contributed by atoms with E-state index in [-0.39, 0.29) is 0 Å². The summed E-state index contributed by atoms with van der Waals surface area (Å²) in [6.45, 7) is 2.95. The highest BCUT2D eigenvalue weighted by atomic mass is 16.5. The van der Waals surface area contributed by atoms with Crippen LogP contribution < -0.4 is 15.8 Å². The molecule has 0 aliphatic rings. The Morgan fingerprint density at radius 3 is 2.40 bits per heavy atom. The van der Waals surface area contributed by atoms with Crippen molar-refractivity contribution in [3.63, 3.8) is 0 Å². The third kappa shape index (κ3) is 3.52. The Morgan fingerprint density at radius 2 is 1.80 bits per heavy atom. The summed E-state index contributed by atoms with van der Waals surface area (Å²) in [6, 6.07) is 16.5. The van der Waals surface area contributed by atoms with Gasteiger partial charge < -0.3 is 15.8 Å². The number of methoxy groups -OCH3 is 1. The molecule has 0 aromatic heterocycles. The minimum atomic E-state index is 0.320. The van der Waals surface area contributed by atoms with Gasteiger partial charge in [0, 0.05) is 18.3 Å². The Bertz CT molecular complexity index is 537. The zero-order valence-corrected chi connectivity index (χ0v) is 12.1. The van der Waals surface area contributed by atoms with E-state index in [1.807, 2.05) is 30.3 Å². The Kier molecular flexibility index (Phi) is 5.02. The topological polar surface area (TPSA) is 47.3 Å². The predicted octanol–water partition coefficient (Wildman–Crippen LogP) is 3.52. The number of ether oxygens (including phenoxy) is 1. The molecule has 0 saturated carbocycles. The number of anilines is 1. The SMILES string of the molecule is CCC(NCc1ccccc1N)c1ccc(OC)cc1. The van der Waals surface area contributed by atoms with Gasteiger partial charge in [-0.3, -0.25) is 0 Å². The molecule has 1 unspecified atom stereocenters. The van der Waals surface area contributed by atoms with Gasteiger partial charge in [-0.15, -0.1) is 0 Å². The van der Waals surface area contributed by atoms with Crippen molar-refractivity contribution in [2.75, 3.05) is 12.8 Å². The van der Waals surface area contributed by atoms with Crippen molar-refractivity contribution in [2.24, 2.45) is 0 Å². The Labute approximate surface area is 120 Å². The molecule has 0 aliphatic heterocycles. The van der Waals surface area contributed by atoms with Crippen LogP contribution in [0.3, 0.4) is 0 Å². The lowest BCUT2D eigenvalue weighted by atomic mass is 10.0. The lowest BCUT2D eigenvalue weighted by molar-refractivity contribution is 0.414. The molecule has 1 atom stereocenters. The second kappa shape index (κ2) is 6.96. The van der Waals surface area contributed by atoms with E-state index in [1.165, 1.54) is 5.56 Å². The molecule has 0 bridgehead atoms. The largest absolute Gasteiger partial charge is 0.497 e. The second-order valence-corrected chi connectivity index (χ2v) is 4.81. The van der Waals surface area contributed by atoms with Crippen molar-refractivity contribution in [3.05, 3.63) is 59.7 Å². The van der Waals surface area contributed by atoms with Crippen LogP contribution in [0.25, 0.3) is 0 Å². The summed E-state index contributed by atoms with van der Waals surface area (Å²) in [4.78, 5) is 0. The Morgan fingerprint density at radius 1 is 1.10 bits per heavy atom. The number of rotatable bonds is 6. The maximum absolute atomic E-state index is 5.97. The van der Waals surface area contributed by atoms with Gasteiger partial charge in [0.2, 0.25) is 0 Å². The van der Waals surface area contributed by atoms with Crippen molar-refractivity contribution in [2.45, 2.75) is 25.9 Å². The predicted molar refractivity (Wildman–Crippen MR) is 83.7 cm³/mol. The standard InChI is InChI=1S/C17H22N2O/c1-3-17(13-8-10-15(20-2)11-9-13)19-12-14-6-4-5-7-16(14)18/h4-11,17,19H,3,12,18H2,1-2H3. The first-order chi connectivity index (χ1) is 9.74. The van der Waals surface area contributed by atoms with Crippen LogP contribution in [0.1, 0.15) is 30.5 Å². The summed E-state index contributed by atoms with van der Waals surface area (Å²) in [6.07, 6.45) is 1.03. The number of nitrogens with one attached hydrogen (secondary N) is 1. The van der Waals surface area contributed by atoms with Crippen molar-refractivity contribution in [1.29, 1.82) is 0 Å². The summed E-state index contributed by atoms with van der Waals surface area (Å²) < 4.78 is 5.19. The fourth-order valence-electron chi connectivity index (χ4n) is 2.26. The minimum Gasteiger partial charge on any atom is -0.497 e. The number of nitrogens with two attached hydrogens (primary N) is 1. The molecule has 0 heterocycles. The highest BCUT2D eigenvalue weighted by Gasteiger charge is 2.09. The molecule has 0 fully saturated rings. The summed E-state index contributed by atoms with van der Waals surface area (Å²) >= 11 is 0. The zero-order chi connectivity index (χ0) is 14.4. The maximum Gasteiger partial charge on any atom is 0.118 e. The summed E-state index contributed by atoms with van der Waals surface area (Å²) in [5.74, 6) is 0.885. The number of hydrogen-bond acceptors (Lipinski definition) is 3. The summed E-state index contributed by atoms with van der Waals surface area (Å²) in [5, 5.41) is 3.56. The van der Waals surface area contributed by atoms with E-state index in [0.717, 1.165) is 30.0 Å². The van der Waals surface area contributed by atoms with Crippen LogP contribution in [-0.2, 0) is 6.54 Å². The number of nitrogen functional groups attached to an aromatic ring is 1. The van der Waals surface area contributed by atoms with Gasteiger partial charge >= 0.3 is 0 Å². The number of hydrogen-bond donors (Lipinski definition) is 2. The van der Waals surface area contributed by atoms with Gasteiger partial charge in [0.1, 0.15) is 5.75 Å². The number of benzene rings is 2. The van der Waals surface area contributed by atoms with Gasteiger partial charge in [-0.05, 0) is 35.7 Å². The minimum absolute atomic E-state index is 0.320. The highest BCUT2D eigenvalue weighted by Crippen LogP contribution is 2.21. The second-order valence-electron chi connectivity index (χ2n) is 4.81. The number of para-hydroxylation sites is 1. The van der Waals surface area contributed by atoms with E-state index >= 15 is 0 Å². The van der Waals surface area contributed by atoms with Gasteiger partial charge in [-0.2, -0.15) is 0 Å². The average Bonchev–Trinajstić information content (AvgIpc) is 2.50. The van der Waals surface area contributed by atoms with Crippen LogP contribution in [0.15, 0.2) is 48.5 Å². The van der Waals surface area contributed by atoms with Gasteiger partial charge in [-0.1, -0.05) is 37.3 Å². The fraction of sp³-hybridized carbons (Fsp3) is 0.294. The Balaban J connectivity index is 2.03. The van der Waals surface area contributed by atoms with Crippen molar-refractivity contribution >= 4 is 5.69 Å². The third-order valence-corrected chi connectivity index (χ3v) is 3.52. The highest BCUT2D eigenvalue weighted by molar-refractivity contribution is 5.46. The van der Waals surface area contributed by atoms with E-state index in [2.05, 4.69) is 30.4 Å². The summed E-state index contributed by atoms with van der Waals surface area (Å²) in [7, 11) is 1.68. The molecule has 0 saturated heterocycles. The van der Waals surface area contributed by atoms with Crippen molar-refractivity contribution in [1.82, 2.24) is 5.32 Å². The normalized spacial score (nSPS) is 12.1. The van der Waals surface area contributed by atoms with Crippen LogP contribution in [0.4, 0.5) is 5.69 Å². The summed E-state index contributed by atoms with van der Waals surface area (Å²) in [5.41, 5.74) is 9.21. The van der Waals surface area contributed by atoms with Gasteiger partial charge in [-0.25, -0.2) is 0 Å². The smallest absolute Gasteiger partial charge is 0.118 e. The van der Waals surface area contributed by atoms with Crippen molar-refractivity contribution in [3.8, 4) is 5.75 Å². The molecular weight excluding hydrogens is 248 g/mol. The van der Waals surface area contributed by atoms with E-state index < -0.39 is 0 Å². The van der Waals surface area contributed by atoms with Crippen molar-refractivity contribution < 1.29 is 4.74 Å². The molecule has 3 nitrogen and oxygen atoms in total. The maximum atomic E-state index is 5.97. The molecule has 20 heavy (non-hydrogen) atoms. The molecule has 0 radical (unpaired) electrons. The fourth-order valence-corrected chi connectivity index (χ4v) is 2.26. The first-order valence-corrected chi connectivity index (χ1v) is 6.95. The van der Waals surface area contributed by atoms with Crippen LogP contribution in [0.5, 0.6) is 5.75 Å². The molecule has 2 aromatic carbocycles. The molecule has 106 valence electrons. The third-order valence-electron chi connectivity index (χ3n) is 3.52. The van der Waals surface area contributed by atoms with Crippen LogP contribution in [0, 0.1) is 0 Å². The molecule has 3 heteroatoms. The van der Waals surface area contributed by atoms with E-state index in [0.29, 0.717) is 6.04 Å². The van der Waals surface area contributed by atoms with Crippen LogP contribution in [0.2, 0.25) is 0 Å². The van der Waals surface area contributed by atoms with Crippen LogP contribution in [-0.4, -0.2) is 7.11 Å². The van der Waals surface area contributed by atoms with Gasteiger partial charge in [0.05, 0.1) is 7.11 Å². The average molecular weight is 270 g/mol. The lowest BCUT2D eigenvalue weighted by Gasteiger charge is -2.18. The zero-order valence-electron chi connectivity index (χ0n) is 12.1. The lowest BCUT2D eigenvalue weighted by Crippen LogP contribution is -2.20. The monoisotopic (exact) mass is 270 g/mol. The van der Waals surface area contributed by atoms with E-state index in [9.17, 15) is 0 Å². The molecule has 2 rings (SSSR count). The quantitative estimate of drug-likeness (QED) is 0.790. The Hall–Kier alpha value is -2.00. The molecule has 0 spiro atoms. The molecule has 3 N–H and O–H groups in total. The van der Waals surface area contributed by atoms with E-state index in [1.54, 1.807) is 7.11 Å². The molecule has 0 amide bonds. The molecule has 0 aliphatic carbocycles. The first kappa shape index (κ1) is 14.4. The molecular formula is C17H22N2O. The van der Waals surface area contributed by atoms with Crippen LogP contribution >= 0.6 is 0 Å².